The molecule has 0 spiro atoms. The average molecular weight is 375 g/mol. The molecule has 0 bridgehead atoms. The van der Waals surface area contributed by atoms with Gasteiger partial charge in [0.1, 0.15) is 0 Å². The Morgan fingerprint density at radius 2 is 1.64 bits per heavy atom. The van der Waals surface area contributed by atoms with Gasteiger partial charge in [-0.2, -0.15) is 0 Å². The van der Waals surface area contributed by atoms with Crippen LogP contribution in [-0.2, 0) is 6.42 Å². The lowest BCUT2D eigenvalue weighted by Crippen LogP contribution is -2.26. The largest absolute Gasteiger partial charge is 0.350 e. The van der Waals surface area contributed by atoms with Crippen LogP contribution in [0.15, 0.2) is 48.5 Å². The maximum absolute atomic E-state index is 12.3. The fraction of sp³-hybridized carbons (Fsp3) is 0.167. The highest BCUT2D eigenvalue weighted by atomic mass is 35.5. The normalized spacial score (nSPS) is 10.7. The first kappa shape index (κ1) is 17.5. The first-order valence-corrected chi connectivity index (χ1v) is 8.51. The summed E-state index contributed by atoms with van der Waals surface area (Å²) in [6, 6.07) is 14.7. The van der Waals surface area contributed by atoms with Crippen molar-refractivity contribution < 1.29 is 4.79 Å². The Labute approximate surface area is 155 Å². The first-order valence-electron chi connectivity index (χ1n) is 7.75. The van der Waals surface area contributed by atoms with E-state index in [0.717, 1.165) is 11.3 Å². The summed E-state index contributed by atoms with van der Waals surface area (Å²) in [5.41, 5.74) is 2.89. The van der Waals surface area contributed by atoms with Gasteiger partial charge < -0.3 is 5.32 Å². The van der Waals surface area contributed by atoms with Crippen LogP contribution in [0.25, 0.3) is 5.69 Å². The van der Waals surface area contributed by atoms with Crippen molar-refractivity contribution in [3.8, 4) is 5.69 Å². The number of aromatic nitrogens is 3. The third-order valence-electron chi connectivity index (χ3n) is 3.79. The molecule has 0 radical (unpaired) electrons. The average Bonchev–Trinajstić information content (AvgIpc) is 2.99. The lowest BCUT2D eigenvalue weighted by Gasteiger charge is -2.05. The predicted octanol–water partition coefficient (Wildman–Crippen LogP) is 3.86. The number of hydrogen-bond acceptors (Lipinski definition) is 3. The van der Waals surface area contributed by atoms with Crippen molar-refractivity contribution in [1.82, 2.24) is 20.3 Å². The SMILES string of the molecule is Cc1c(C(=O)NCCc2ccc(Cl)cc2)nnn1-c1ccc(Cl)cc1. The third kappa shape index (κ3) is 4.18. The van der Waals surface area contributed by atoms with Crippen LogP contribution in [0.5, 0.6) is 0 Å². The van der Waals surface area contributed by atoms with Crippen molar-refractivity contribution >= 4 is 29.1 Å². The molecule has 0 aliphatic heterocycles. The molecular weight excluding hydrogens is 359 g/mol. The number of carbonyl (C=O) groups excluding carboxylic acids is 1. The lowest BCUT2D eigenvalue weighted by atomic mass is 10.1. The summed E-state index contributed by atoms with van der Waals surface area (Å²) >= 11 is 11.8. The monoisotopic (exact) mass is 374 g/mol. The Kier molecular flexibility index (Phi) is 5.36. The molecule has 0 unspecified atom stereocenters. The van der Waals surface area contributed by atoms with E-state index in [0.29, 0.717) is 34.4 Å². The van der Waals surface area contributed by atoms with Gasteiger partial charge in [-0.15, -0.1) is 5.10 Å². The molecule has 0 saturated carbocycles. The zero-order chi connectivity index (χ0) is 17.8. The number of amides is 1. The van der Waals surface area contributed by atoms with E-state index in [1.807, 2.05) is 43.3 Å². The van der Waals surface area contributed by atoms with Crippen molar-refractivity contribution in [3.05, 3.63) is 75.5 Å². The lowest BCUT2D eigenvalue weighted by molar-refractivity contribution is 0.0948. The van der Waals surface area contributed by atoms with E-state index < -0.39 is 0 Å². The number of carbonyl (C=O) groups is 1. The maximum atomic E-state index is 12.3. The minimum Gasteiger partial charge on any atom is -0.350 e. The summed E-state index contributed by atoms with van der Waals surface area (Å²) in [5.74, 6) is -0.244. The second kappa shape index (κ2) is 7.68. The highest BCUT2D eigenvalue weighted by Crippen LogP contribution is 2.15. The van der Waals surface area contributed by atoms with Crippen LogP contribution in [-0.4, -0.2) is 27.4 Å². The van der Waals surface area contributed by atoms with E-state index in [2.05, 4.69) is 15.6 Å². The van der Waals surface area contributed by atoms with Crippen molar-refractivity contribution in [2.24, 2.45) is 0 Å². The highest BCUT2D eigenvalue weighted by Gasteiger charge is 2.16. The summed E-state index contributed by atoms with van der Waals surface area (Å²) in [5, 5.41) is 12.3. The maximum Gasteiger partial charge on any atom is 0.273 e. The van der Waals surface area contributed by atoms with Crippen molar-refractivity contribution in [3.63, 3.8) is 0 Å². The van der Waals surface area contributed by atoms with E-state index >= 15 is 0 Å². The van der Waals surface area contributed by atoms with Gasteiger partial charge in [0.05, 0.1) is 11.4 Å². The molecule has 0 aliphatic rings. The molecule has 2 aromatic carbocycles. The Morgan fingerprint density at radius 1 is 1.04 bits per heavy atom. The molecule has 3 rings (SSSR count). The predicted molar refractivity (Wildman–Crippen MR) is 98.6 cm³/mol. The van der Waals surface area contributed by atoms with E-state index in [4.69, 9.17) is 23.2 Å². The standard InChI is InChI=1S/C18H16Cl2N4O/c1-12-17(22-23-24(12)16-8-6-15(20)7-9-16)18(25)21-11-10-13-2-4-14(19)5-3-13/h2-9H,10-11H2,1H3,(H,21,25). The van der Waals surface area contributed by atoms with Gasteiger partial charge in [-0.3, -0.25) is 4.79 Å². The smallest absolute Gasteiger partial charge is 0.273 e. The highest BCUT2D eigenvalue weighted by molar-refractivity contribution is 6.30. The van der Waals surface area contributed by atoms with Gasteiger partial charge in [-0.05, 0) is 55.3 Å². The second-order valence-corrected chi connectivity index (χ2v) is 6.42. The van der Waals surface area contributed by atoms with Crippen molar-refractivity contribution in [2.75, 3.05) is 6.54 Å². The second-order valence-electron chi connectivity index (χ2n) is 5.54. The summed E-state index contributed by atoms with van der Waals surface area (Å²) < 4.78 is 1.62. The molecule has 7 heteroatoms. The first-order chi connectivity index (χ1) is 12.0. The Morgan fingerprint density at radius 3 is 2.28 bits per heavy atom. The molecule has 1 amide bonds. The molecule has 0 saturated heterocycles. The molecule has 1 aromatic heterocycles. The molecule has 1 N–H and O–H groups in total. The van der Waals surface area contributed by atoms with Gasteiger partial charge in [-0.25, -0.2) is 4.68 Å². The zero-order valence-corrected chi connectivity index (χ0v) is 15.1. The third-order valence-corrected chi connectivity index (χ3v) is 4.30. The molecule has 0 fully saturated rings. The number of rotatable bonds is 5. The number of nitrogens with zero attached hydrogens (tertiary/aromatic N) is 3. The van der Waals surface area contributed by atoms with Crippen LogP contribution in [0, 0.1) is 6.92 Å². The van der Waals surface area contributed by atoms with Crippen LogP contribution in [0.1, 0.15) is 21.7 Å². The van der Waals surface area contributed by atoms with Crippen molar-refractivity contribution in [2.45, 2.75) is 13.3 Å². The fourth-order valence-corrected chi connectivity index (χ4v) is 2.67. The summed E-state index contributed by atoms with van der Waals surface area (Å²) in [4.78, 5) is 12.3. The van der Waals surface area contributed by atoms with E-state index in [-0.39, 0.29) is 5.91 Å². The molecule has 0 atom stereocenters. The van der Waals surface area contributed by atoms with Gasteiger partial charge in [0, 0.05) is 16.6 Å². The van der Waals surface area contributed by atoms with Gasteiger partial charge in [0.15, 0.2) is 5.69 Å². The van der Waals surface area contributed by atoms with Gasteiger partial charge >= 0.3 is 0 Å². The van der Waals surface area contributed by atoms with Crippen LogP contribution < -0.4 is 5.32 Å². The quantitative estimate of drug-likeness (QED) is 0.737. The Balaban J connectivity index is 1.64. The molecule has 3 aromatic rings. The fourth-order valence-electron chi connectivity index (χ4n) is 2.42. The van der Waals surface area contributed by atoms with Crippen LogP contribution in [0.2, 0.25) is 10.0 Å². The topological polar surface area (TPSA) is 59.8 Å². The summed E-state index contributed by atoms with van der Waals surface area (Å²) in [6.45, 7) is 2.32. The molecule has 25 heavy (non-hydrogen) atoms. The molecule has 5 nitrogen and oxygen atoms in total. The minimum absolute atomic E-state index is 0.244. The van der Waals surface area contributed by atoms with Crippen LogP contribution >= 0.6 is 23.2 Å². The van der Waals surface area contributed by atoms with Gasteiger partial charge in [0.2, 0.25) is 0 Å². The zero-order valence-electron chi connectivity index (χ0n) is 13.5. The Bertz CT molecular complexity index is 873. The van der Waals surface area contributed by atoms with E-state index in [1.165, 1.54) is 0 Å². The summed E-state index contributed by atoms with van der Waals surface area (Å²) in [7, 11) is 0. The number of hydrogen-bond donors (Lipinski definition) is 1. The molecule has 1 heterocycles. The molecule has 0 aliphatic carbocycles. The van der Waals surface area contributed by atoms with Crippen LogP contribution in [0.4, 0.5) is 0 Å². The van der Waals surface area contributed by atoms with Crippen LogP contribution in [0.3, 0.4) is 0 Å². The van der Waals surface area contributed by atoms with E-state index in [1.54, 1.807) is 16.8 Å². The Hall–Kier alpha value is -2.37. The number of nitrogens with one attached hydrogen (secondary N) is 1. The van der Waals surface area contributed by atoms with Crippen molar-refractivity contribution in [1.29, 1.82) is 0 Å². The molecule has 128 valence electrons. The van der Waals surface area contributed by atoms with Gasteiger partial charge in [-0.1, -0.05) is 40.5 Å². The minimum atomic E-state index is -0.244. The van der Waals surface area contributed by atoms with E-state index in [9.17, 15) is 4.79 Å². The summed E-state index contributed by atoms with van der Waals surface area (Å²) in [6.07, 6.45) is 0.716. The number of benzene rings is 2. The number of halogens is 2. The van der Waals surface area contributed by atoms with Gasteiger partial charge in [0.25, 0.3) is 5.91 Å². The molecular formula is C18H16Cl2N4O.